The van der Waals surface area contributed by atoms with E-state index in [0.717, 1.165) is 18.8 Å². The van der Waals surface area contributed by atoms with E-state index in [0.29, 0.717) is 6.04 Å². The molecule has 1 aliphatic heterocycles. The second-order valence-corrected chi connectivity index (χ2v) is 4.57. The zero-order valence-electron chi connectivity index (χ0n) is 9.95. The van der Waals surface area contributed by atoms with Crippen LogP contribution in [0.1, 0.15) is 18.4 Å². The number of rotatable bonds is 4. The summed E-state index contributed by atoms with van der Waals surface area (Å²) < 4.78 is 0. The van der Waals surface area contributed by atoms with E-state index in [-0.39, 0.29) is 0 Å². The lowest BCUT2D eigenvalue weighted by atomic mass is 10.1. The van der Waals surface area contributed by atoms with Crippen molar-refractivity contribution < 1.29 is 0 Å². The Morgan fingerprint density at radius 2 is 2.38 bits per heavy atom. The second kappa shape index (κ2) is 5.32. The van der Waals surface area contributed by atoms with E-state index < -0.39 is 0 Å². The molecule has 1 heterocycles. The first kappa shape index (κ1) is 11.4. The molecule has 2 rings (SSSR count). The van der Waals surface area contributed by atoms with Crippen LogP contribution in [0.25, 0.3) is 0 Å². The fourth-order valence-corrected chi connectivity index (χ4v) is 2.50. The minimum absolute atomic E-state index is 0.687. The smallest absolute Gasteiger partial charge is 0.0317 e. The number of likely N-dealkylation sites (N-methyl/N-ethyl adjacent to an activating group) is 1. The maximum Gasteiger partial charge on any atom is 0.0317 e. The summed E-state index contributed by atoms with van der Waals surface area (Å²) >= 11 is 0. The van der Waals surface area contributed by atoms with Gasteiger partial charge in [-0.2, -0.15) is 0 Å². The molecule has 0 aromatic heterocycles. The van der Waals surface area contributed by atoms with Crippen LogP contribution in [-0.2, 0) is 6.54 Å². The van der Waals surface area contributed by atoms with Crippen LogP contribution in [0.2, 0.25) is 0 Å². The molecule has 0 bridgehead atoms. The van der Waals surface area contributed by atoms with Crippen molar-refractivity contribution in [2.45, 2.75) is 25.4 Å². The Kier molecular flexibility index (Phi) is 3.80. The summed E-state index contributed by atoms with van der Waals surface area (Å²) in [6.07, 6.45) is 2.62. The van der Waals surface area contributed by atoms with Crippen molar-refractivity contribution >= 4 is 5.69 Å². The summed E-state index contributed by atoms with van der Waals surface area (Å²) in [5.41, 5.74) is 7.98. The number of benzene rings is 1. The number of nitrogens with two attached hydrogens (primary N) is 1. The first-order valence-corrected chi connectivity index (χ1v) is 6.02. The van der Waals surface area contributed by atoms with Gasteiger partial charge in [0.1, 0.15) is 0 Å². The molecule has 0 spiro atoms. The molecule has 1 fully saturated rings. The highest BCUT2D eigenvalue weighted by molar-refractivity contribution is 5.40. The zero-order valence-corrected chi connectivity index (χ0v) is 9.95. The lowest BCUT2D eigenvalue weighted by molar-refractivity contribution is 0.242. The van der Waals surface area contributed by atoms with Crippen LogP contribution >= 0.6 is 0 Å². The first-order chi connectivity index (χ1) is 7.79. The lowest BCUT2D eigenvalue weighted by Crippen LogP contribution is -2.36. The third kappa shape index (κ3) is 2.74. The molecule has 0 aliphatic carbocycles. The van der Waals surface area contributed by atoms with Gasteiger partial charge in [-0.1, -0.05) is 12.1 Å². The molecule has 3 N–H and O–H groups in total. The van der Waals surface area contributed by atoms with Gasteiger partial charge in [0.05, 0.1) is 0 Å². The predicted molar refractivity (Wildman–Crippen MR) is 68.2 cm³/mol. The Hall–Kier alpha value is -1.06. The second-order valence-electron chi connectivity index (χ2n) is 4.57. The maximum absolute atomic E-state index is 5.80. The molecule has 1 aromatic carbocycles. The third-order valence-electron chi connectivity index (χ3n) is 3.28. The van der Waals surface area contributed by atoms with Crippen molar-refractivity contribution in [1.29, 1.82) is 0 Å². The van der Waals surface area contributed by atoms with Crippen LogP contribution in [-0.4, -0.2) is 31.1 Å². The van der Waals surface area contributed by atoms with Crippen molar-refractivity contribution in [1.82, 2.24) is 10.2 Å². The molecule has 3 heteroatoms. The van der Waals surface area contributed by atoms with Crippen LogP contribution < -0.4 is 11.1 Å². The van der Waals surface area contributed by atoms with Crippen LogP contribution in [0.4, 0.5) is 5.69 Å². The Bertz CT molecular complexity index is 338. The van der Waals surface area contributed by atoms with E-state index >= 15 is 0 Å². The van der Waals surface area contributed by atoms with Gasteiger partial charge in [-0.25, -0.2) is 0 Å². The first-order valence-electron chi connectivity index (χ1n) is 6.02. The molecule has 1 aliphatic rings. The number of nitrogen functional groups attached to an aromatic ring is 1. The Morgan fingerprint density at radius 3 is 3.12 bits per heavy atom. The number of nitrogens with zero attached hydrogens (tertiary/aromatic N) is 1. The molecule has 1 aromatic rings. The molecular formula is C13H21N3. The Morgan fingerprint density at radius 1 is 1.50 bits per heavy atom. The summed E-state index contributed by atoms with van der Waals surface area (Å²) in [5.74, 6) is 0. The molecule has 88 valence electrons. The quantitative estimate of drug-likeness (QED) is 0.753. The molecule has 0 radical (unpaired) electrons. The van der Waals surface area contributed by atoms with Crippen molar-refractivity contribution in [2.24, 2.45) is 0 Å². The van der Waals surface area contributed by atoms with Crippen molar-refractivity contribution in [3.63, 3.8) is 0 Å². The lowest BCUT2D eigenvalue weighted by Gasteiger charge is -2.24. The molecule has 0 amide bonds. The van der Waals surface area contributed by atoms with Gasteiger partial charge in [0.2, 0.25) is 0 Å². The zero-order chi connectivity index (χ0) is 11.4. The van der Waals surface area contributed by atoms with Gasteiger partial charge in [-0.15, -0.1) is 0 Å². The molecular weight excluding hydrogens is 198 g/mol. The van der Waals surface area contributed by atoms with E-state index in [1.54, 1.807) is 0 Å². The van der Waals surface area contributed by atoms with Crippen LogP contribution in [0.5, 0.6) is 0 Å². The molecule has 3 nitrogen and oxygen atoms in total. The van der Waals surface area contributed by atoms with Gasteiger partial charge in [0.15, 0.2) is 0 Å². The molecule has 0 saturated carbocycles. The van der Waals surface area contributed by atoms with E-state index in [4.69, 9.17) is 5.73 Å². The minimum atomic E-state index is 0.687. The van der Waals surface area contributed by atoms with E-state index in [1.807, 2.05) is 19.2 Å². The SMILES string of the molecule is CNCC1CCCN1Cc1cccc(N)c1. The van der Waals surface area contributed by atoms with Gasteiger partial charge in [-0.3, -0.25) is 4.90 Å². The van der Waals surface area contributed by atoms with Crippen LogP contribution in [0.3, 0.4) is 0 Å². The normalized spacial score (nSPS) is 21.4. The number of likely N-dealkylation sites (tertiary alicyclic amines) is 1. The summed E-state index contributed by atoms with van der Waals surface area (Å²) in [7, 11) is 2.02. The Labute approximate surface area is 97.6 Å². The van der Waals surface area contributed by atoms with E-state index in [2.05, 4.69) is 22.3 Å². The van der Waals surface area contributed by atoms with Crippen LogP contribution in [0.15, 0.2) is 24.3 Å². The van der Waals surface area contributed by atoms with Crippen molar-refractivity contribution in [3.8, 4) is 0 Å². The molecule has 1 atom stereocenters. The third-order valence-corrected chi connectivity index (χ3v) is 3.28. The summed E-state index contributed by atoms with van der Waals surface area (Å²) in [4.78, 5) is 2.55. The fraction of sp³-hybridized carbons (Fsp3) is 0.538. The van der Waals surface area contributed by atoms with Crippen molar-refractivity contribution in [3.05, 3.63) is 29.8 Å². The minimum Gasteiger partial charge on any atom is -0.399 e. The highest BCUT2D eigenvalue weighted by Crippen LogP contribution is 2.20. The highest BCUT2D eigenvalue weighted by atomic mass is 15.2. The van der Waals surface area contributed by atoms with Gasteiger partial charge >= 0.3 is 0 Å². The topological polar surface area (TPSA) is 41.3 Å². The highest BCUT2D eigenvalue weighted by Gasteiger charge is 2.23. The van der Waals surface area contributed by atoms with E-state index in [1.165, 1.54) is 24.9 Å². The predicted octanol–water partition coefficient (Wildman–Crippen LogP) is 1.45. The molecule has 1 unspecified atom stereocenters. The Balaban J connectivity index is 1.98. The van der Waals surface area contributed by atoms with Gasteiger partial charge in [0.25, 0.3) is 0 Å². The molecule has 16 heavy (non-hydrogen) atoms. The van der Waals surface area contributed by atoms with Gasteiger partial charge < -0.3 is 11.1 Å². The maximum atomic E-state index is 5.80. The van der Waals surface area contributed by atoms with Crippen molar-refractivity contribution in [2.75, 3.05) is 25.9 Å². The summed E-state index contributed by atoms with van der Waals surface area (Å²) in [6.45, 7) is 3.32. The van der Waals surface area contributed by atoms with Gasteiger partial charge in [0, 0.05) is 24.8 Å². The molecule has 1 saturated heterocycles. The number of anilines is 1. The average molecular weight is 219 g/mol. The van der Waals surface area contributed by atoms with Crippen LogP contribution in [0, 0.1) is 0 Å². The number of hydrogen-bond acceptors (Lipinski definition) is 3. The number of hydrogen-bond donors (Lipinski definition) is 2. The largest absolute Gasteiger partial charge is 0.399 e. The summed E-state index contributed by atoms with van der Waals surface area (Å²) in [5, 5.41) is 3.27. The standard InChI is InChI=1S/C13H21N3/c1-15-9-13-6-3-7-16(13)10-11-4-2-5-12(14)8-11/h2,4-5,8,13,15H,3,6-7,9-10,14H2,1H3. The summed E-state index contributed by atoms with van der Waals surface area (Å²) in [6, 6.07) is 8.90. The average Bonchev–Trinajstić information content (AvgIpc) is 2.66. The fourth-order valence-electron chi connectivity index (χ4n) is 2.50. The van der Waals surface area contributed by atoms with E-state index in [9.17, 15) is 0 Å². The van der Waals surface area contributed by atoms with Gasteiger partial charge in [-0.05, 0) is 44.1 Å². The monoisotopic (exact) mass is 219 g/mol. The number of nitrogens with one attached hydrogen (secondary N) is 1.